The summed E-state index contributed by atoms with van der Waals surface area (Å²) < 4.78 is 32.8. The average molecular weight is 469 g/mol. The predicted molar refractivity (Wildman–Crippen MR) is 124 cm³/mol. The Kier molecular flexibility index (Phi) is 6.90. The number of hydrogen-bond acceptors (Lipinski definition) is 6. The van der Waals surface area contributed by atoms with Crippen molar-refractivity contribution >= 4 is 21.9 Å². The van der Waals surface area contributed by atoms with Crippen molar-refractivity contribution in [3.63, 3.8) is 0 Å². The summed E-state index contributed by atoms with van der Waals surface area (Å²) in [4.78, 5) is 12.7. The second-order valence-electron chi connectivity index (χ2n) is 8.44. The second-order valence-corrected chi connectivity index (χ2v) is 10.4. The molecule has 0 spiro atoms. The maximum atomic E-state index is 12.9. The molecular weight excluding hydrogens is 440 g/mol. The van der Waals surface area contributed by atoms with Crippen LogP contribution in [-0.2, 0) is 22.9 Å². The first-order valence-corrected chi connectivity index (χ1v) is 12.6. The van der Waals surface area contributed by atoms with Gasteiger partial charge in [0.25, 0.3) is 5.91 Å². The lowest BCUT2D eigenvalue weighted by atomic mass is 10.0. The van der Waals surface area contributed by atoms with E-state index in [1.54, 1.807) is 0 Å². The smallest absolute Gasteiger partial charge is 0.322 e. The summed E-state index contributed by atoms with van der Waals surface area (Å²) in [5.74, 6) is 0.286. The van der Waals surface area contributed by atoms with Crippen LogP contribution in [0, 0.1) is 5.92 Å². The van der Waals surface area contributed by atoms with E-state index >= 15 is 0 Å². The van der Waals surface area contributed by atoms with E-state index < -0.39 is 15.9 Å². The Balaban J connectivity index is 1.39. The second kappa shape index (κ2) is 9.84. The molecule has 3 aromatic rings. The number of nitrogens with one attached hydrogen (secondary N) is 1. The molecule has 2 heterocycles. The van der Waals surface area contributed by atoms with Crippen LogP contribution < -0.4 is 5.32 Å². The van der Waals surface area contributed by atoms with Crippen LogP contribution in [0.5, 0.6) is 0 Å². The third kappa shape index (κ3) is 5.48. The van der Waals surface area contributed by atoms with E-state index in [4.69, 9.17) is 4.42 Å². The Morgan fingerprint density at radius 3 is 2.45 bits per heavy atom. The van der Waals surface area contributed by atoms with Crippen molar-refractivity contribution in [1.82, 2.24) is 14.5 Å². The van der Waals surface area contributed by atoms with Crippen molar-refractivity contribution < 1.29 is 17.6 Å². The Morgan fingerprint density at radius 2 is 1.79 bits per heavy atom. The maximum absolute atomic E-state index is 12.9. The SMILES string of the molecule is CCc1ccc(Cc2nnc(NC(=O)c3ccc(S(=O)(=O)N4CCCC(C)C4)cc3)o2)cc1. The molecule has 174 valence electrons. The molecule has 9 heteroatoms. The fourth-order valence-electron chi connectivity index (χ4n) is 3.90. The predicted octanol–water partition coefficient (Wildman–Crippen LogP) is 3.90. The molecular formula is C24H28N4O4S. The Bertz CT molecular complexity index is 1200. The fraction of sp³-hybridized carbons (Fsp3) is 0.375. The Morgan fingerprint density at radius 1 is 1.09 bits per heavy atom. The average Bonchev–Trinajstić information content (AvgIpc) is 3.26. The van der Waals surface area contributed by atoms with Crippen molar-refractivity contribution in [2.75, 3.05) is 18.4 Å². The summed E-state index contributed by atoms with van der Waals surface area (Å²) in [5, 5.41) is 10.4. The quantitative estimate of drug-likeness (QED) is 0.564. The van der Waals surface area contributed by atoms with Gasteiger partial charge < -0.3 is 4.42 Å². The zero-order valence-electron chi connectivity index (χ0n) is 18.8. The van der Waals surface area contributed by atoms with E-state index in [-0.39, 0.29) is 10.9 Å². The first-order chi connectivity index (χ1) is 15.8. The lowest BCUT2D eigenvalue weighted by molar-refractivity contribution is 0.102. The molecule has 0 bridgehead atoms. The topological polar surface area (TPSA) is 105 Å². The van der Waals surface area contributed by atoms with E-state index in [0.29, 0.717) is 36.9 Å². The number of rotatable bonds is 7. The summed E-state index contributed by atoms with van der Waals surface area (Å²) in [6, 6.07) is 14.0. The zero-order valence-corrected chi connectivity index (χ0v) is 19.6. The van der Waals surface area contributed by atoms with Gasteiger partial charge in [0.15, 0.2) is 0 Å². The standard InChI is InChI=1S/C24H28N4O4S/c1-3-18-6-8-19(9-7-18)15-22-26-27-24(32-22)25-23(29)20-10-12-21(13-11-20)33(30,31)28-14-4-5-17(2)16-28/h6-13,17H,3-5,14-16H2,1-2H3,(H,25,27,29). The van der Waals surface area contributed by atoms with Crippen LogP contribution >= 0.6 is 0 Å². The van der Waals surface area contributed by atoms with Crippen molar-refractivity contribution in [2.45, 2.75) is 44.4 Å². The highest BCUT2D eigenvalue weighted by molar-refractivity contribution is 7.89. The van der Waals surface area contributed by atoms with E-state index in [2.05, 4.69) is 41.5 Å². The number of aromatic nitrogens is 2. The number of piperidine rings is 1. The fourth-order valence-corrected chi connectivity index (χ4v) is 5.50. The molecule has 1 amide bonds. The van der Waals surface area contributed by atoms with Gasteiger partial charge in [0, 0.05) is 18.7 Å². The highest BCUT2D eigenvalue weighted by Gasteiger charge is 2.28. The van der Waals surface area contributed by atoms with Gasteiger partial charge in [-0.05, 0) is 60.6 Å². The molecule has 1 fully saturated rings. The molecule has 1 aliphatic heterocycles. The third-order valence-electron chi connectivity index (χ3n) is 5.85. The van der Waals surface area contributed by atoms with Gasteiger partial charge in [-0.3, -0.25) is 10.1 Å². The van der Waals surface area contributed by atoms with Crippen molar-refractivity contribution in [3.8, 4) is 0 Å². The number of anilines is 1. The van der Waals surface area contributed by atoms with Gasteiger partial charge in [0.2, 0.25) is 15.9 Å². The van der Waals surface area contributed by atoms with Crippen LogP contribution in [0.15, 0.2) is 57.8 Å². The Hall–Kier alpha value is -3.04. The van der Waals surface area contributed by atoms with Crippen LogP contribution in [0.1, 0.15) is 54.1 Å². The molecule has 1 saturated heterocycles. The molecule has 33 heavy (non-hydrogen) atoms. The Labute approximate surface area is 194 Å². The first kappa shape index (κ1) is 23.1. The van der Waals surface area contributed by atoms with E-state index in [9.17, 15) is 13.2 Å². The number of benzene rings is 2. The van der Waals surface area contributed by atoms with Gasteiger partial charge in [0.1, 0.15) is 0 Å². The van der Waals surface area contributed by atoms with Crippen LogP contribution in [-0.4, -0.2) is 41.9 Å². The third-order valence-corrected chi connectivity index (χ3v) is 7.73. The van der Waals surface area contributed by atoms with E-state index in [1.165, 1.54) is 34.1 Å². The number of carbonyl (C=O) groups is 1. The number of hydrogen-bond donors (Lipinski definition) is 1. The number of amides is 1. The van der Waals surface area contributed by atoms with Crippen molar-refractivity contribution in [1.29, 1.82) is 0 Å². The molecule has 1 atom stereocenters. The molecule has 0 aliphatic carbocycles. The highest BCUT2D eigenvalue weighted by Crippen LogP contribution is 2.24. The van der Waals surface area contributed by atoms with Crippen LogP contribution in [0.3, 0.4) is 0 Å². The molecule has 1 N–H and O–H groups in total. The molecule has 1 aliphatic rings. The summed E-state index contributed by atoms with van der Waals surface area (Å²) in [5.41, 5.74) is 2.59. The summed E-state index contributed by atoms with van der Waals surface area (Å²) >= 11 is 0. The van der Waals surface area contributed by atoms with Gasteiger partial charge in [-0.15, -0.1) is 5.10 Å². The minimum Gasteiger partial charge on any atom is -0.407 e. The lowest BCUT2D eigenvalue weighted by Crippen LogP contribution is -2.39. The summed E-state index contributed by atoms with van der Waals surface area (Å²) in [6.45, 7) is 5.20. The summed E-state index contributed by atoms with van der Waals surface area (Å²) in [7, 11) is -3.57. The minimum atomic E-state index is -3.57. The minimum absolute atomic E-state index is 0.000759. The van der Waals surface area contributed by atoms with E-state index in [0.717, 1.165) is 24.8 Å². The first-order valence-electron chi connectivity index (χ1n) is 11.2. The van der Waals surface area contributed by atoms with Crippen LogP contribution in [0.25, 0.3) is 0 Å². The van der Waals surface area contributed by atoms with Crippen LogP contribution in [0.4, 0.5) is 6.01 Å². The van der Waals surface area contributed by atoms with Crippen molar-refractivity contribution in [3.05, 3.63) is 71.1 Å². The summed E-state index contributed by atoms with van der Waals surface area (Å²) in [6.07, 6.45) is 3.33. The molecule has 0 saturated carbocycles. The number of nitrogens with zero attached hydrogens (tertiary/aromatic N) is 3. The molecule has 2 aromatic carbocycles. The lowest BCUT2D eigenvalue weighted by Gasteiger charge is -2.30. The maximum Gasteiger partial charge on any atom is 0.322 e. The van der Waals surface area contributed by atoms with Gasteiger partial charge >= 0.3 is 6.01 Å². The van der Waals surface area contributed by atoms with Crippen LogP contribution in [0.2, 0.25) is 0 Å². The number of carbonyl (C=O) groups excluding carboxylic acids is 1. The molecule has 8 nitrogen and oxygen atoms in total. The largest absolute Gasteiger partial charge is 0.407 e. The number of aryl methyl sites for hydroxylation is 1. The molecule has 0 radical (unpaired) electrons. The number of sulfonamides is 1. The van der Waals surface area contributed by atoms with Gasteiger partial charge in [0.05, 0.1) is 11.3 Å². The van der Waals surface area contributed by atoms with Gasteiger partial charge in [-0.2, -0.15) is 4.31 Å². The molecule has 1 unspecified atom stereocenters. The molecule has 4 rings (SSSR count). The monoisotopic (exact) mass is 468 g/mol. The molecule has 1 aromatic heterocycles. The van der Waals surface area contributed by atoms with Crippen molar-refractivity contribution in [2.24, 2.45) is 5.92 Å². The van der Waals surface area contributed by atoms with Gasteiger partial charge in [-0.1, -0.05) is 43.2 Å². The highest BCUT2D eigenvalue weighted by atomic mass is 32.2. The van der Waals surface area contributed by atoms with Gasteiger partial charge in [-0.25, -0.2) is 8.42 Å². The zero-order chi connectivity index (χ0) is 23.4. The normalized spacial score (nSPS) is 17.1. The van der Waals surface area contributed by atoms with E-state index in [1.807, 2.05) is 12.1 Å².